The Hall–Kier alpha value is -4.10. The summed E-state index contributed by atoms with van der Waals surface area (Å²) in [6, 6.07) is 14.4. The summed E-state index contributed by atoms with van der Waals surface area (Å²) in [5, 5.41) is 9.96. The minimum Gasteiger partial charge on any atom is -0.497 e. The molecule has 0 unspecified atom stereocenters. The Morgan fingerprint density at radius 2 is 1.45 bits per heavy atom. The second-order valence-electron chi connectivity index (χ2n) is 9.99. The van der Waals surface area contributed by atoms with Gasteiger partial charge >= 0.3 is 5.69 Å². The number of benzene rings is 2. The van der Waals surface area contributed by atoms with Crippen molar-refractivity contribution in [1.82, 2.24) is 19.5 Å². The molecule has 2 aliphatic heterocycles. The Balaban J connectivity index is 1.60. The van der Waals surface area contributed by atoms with Crippen molar-refractivity contribution in [3.05, 3.63) is 69.4 Å². The van der Waals surface area contributed by atoms with Crippen molar-refractivity contribution in [3.8, 4) is 34.0 Å². The first-order valence-electron chi connectivity index (χ1n) is 12.7. The molecule has 2 fully saturated rings. The van der Waals surface area contributed by atoms with Crippen LogP contribution in [0.4, 0.5) is 0 Å². The van der Waals surface area contributed by atoms with Gasteiger partial charge in [0.15, 0.2) is 23.2 Å². The topological polar surface area (TPSA) is 147 Å². The van der Waals surface area contributed by atoms with E-state index in [4.69, 9.17) is 33.7 Å². The van der Waals surface area contributed by atoms with Gasteiger partial charge in [-0.05, 0) is 62.4 Å². The summed E-state index contributed by atoms with van der Waals surface area (Å²) in [6.07, 6.45) is -3.17. The van der Waals surface area contributed by atoms with E-state index >= 15 is 0 Å². The van der Waals surface area contributed by atoms with Crippen LogP contribution in [0.3, 0.4) is 0 Å². The number of hydrogen-bond donors (Lipinski definition) is 2. The maximum absolute atomic E-state index is 13.3. The summed E-state index contributed by atoms with van der Waals surface area (Å²) in [6.45, 7) is 3.14. The average Bonchev–Trinajstić information content (AvgIpc) is 3.45. The van der Waals surface area contributed by atoms with Gasteiger partial charge in [0.2, 0.25) is 0 Å². The van der Waals surface area contributed by atoms with E-state index in [-0.39, 0.29) is 17.8 Å². The van der Waals surface area contributed by atoms with Crippen LogP contribution in [0.15, 0.2) is 58.1 Å². The highest BCUT2D eigenvalue weighted by molar-refractivity contribution is 5.84. The average molecular weight is 549 g/mol. The van der Waals surface area contributed by atoms with Crippen LogP contribution < -0.4 is 20.7 Å². The van der Waals surface area contributed by atoms with Gasteiger partial charge in [-0.2, -0.15) is 0 Å². The number of aromatic amines is 1. The molecule has 40 heavy (non-hydrogen) atoms. The van der Waals surface area contributed by atoms with Crippen molar-refractivity contribution in [2.45, 2.75) is 44.2 Å². The Morgan fingerprint density at radius 3 is 2.00 bits per heavy atom. The minimum absolute atomic E-state index is 0.00692. The maximum Gasteiger partial charge on any atom is 0.332 e. The summed E-state index contributed by atoms with van der Waals surface area (Å²) in [5.41, 5.74) is 0.718. The first kappa shape index (κ1) is 26.1. The zero-order chi connectivity index (χ0) is 28.2. The van der Waals surface area contributed by atoms with Crippen LogP contribution in [0.5, 0.6) is 11.5 Å². The quantitative estimate of drug-likeness (QED) is 0.368. The predicted molar refractivity (Wildman–Crippen MR) is 143 cm³/mol. The zero-order valence-corrected chi connectivity index (χ0v) is 22.3. The molecule has 2 aromatic carbocycles. The largest absolute Gasteiger partial charge is 0.497 e. The summed E-state index contributed by atoms with van der Waals surface area (Å²) in [5.74, 6) is 0.343. The lowest BCUT2D eigenvalue weighted by atomic mass is 10.0. The molecule has 0 radical (unpaired) electrons. The molecule has 0 saturated carbocycles. The summed E-state index contributed by atoms with van der Waals surface area (Å²) in [7, 11) is 3.15. The second kappa shape index (κ2) is 9.82. The van der Waals surface area contributed by atoms with Crippen molar-refractivity contribution in [1.29, 1.82) is 0 Å². The molecule has 208 valence electrons. The van der Waals surface area contributed by atoms with E-state index in [1.54, 1.807) is 52.3 Å². The van der Waals surface area contributed by atoms with Crippen LogP contribution in [-0.2, 0) is 14.2 Å². The fourth-order valence-electron chi connectivity index (χ4n) is 5.21. The van der Waals surface area contributed by atoms with Crippen LogP contribution in [0.25, 0.3) is 33.7 Å². The van der Waals surface area contributed by atoms with E-state index in [2.05, 4.69) is 4.98 Å². The Morgan fingerprint density at radius 1 is 0.900 bits per heavy atom. The highest BCUT2D eigenvalue weighted by Crippen LogP contribution is 2.43. The first-order valence-corrected chi connectivity index (χ1v) is 12.7. The third kappa shape index (κ3) is 4.34. The fraction of sp³-hybridized carbons (Fsp3) is 0.357. The van der Waals surface area contributed by atoms with Crippen molar-refractivity contribution < 1.29 is 28.8 Å². The van der Waals surface area contributed by atoms with E-state index in [0.717, 1.165) is 0 Å². The molecule has 0 aliphatic carbocycles. The van der Waals surface area contributed by atoms with Crippen LogP contribution in [0.1, 0.15) is 20.1 Å². The van der Waals surface area contributed by atoms with Gasteiger partial charge < -0.3 is 28.8 Å². The fourth-order valence-corrected chi connectivity index (χ4v) is 5.21. The predicted octanol–water partition coefficient (Wildman–Crippen LogP) is 2.24. The van der Waals surface area contributed by atoms with Gasteiger partial charge in [-0.15, -0.1) is 0 Å². The molecule has 0 bridgehead atoms. The van der Waals surface area contributed by atoms with E-state index in [0.29, 0.717) is 34.0 Å². The van der Waals surface area contributed by atoms with Crippen molar-refractivity contribution in [2.75, 3.05) is 20.8 Å². The number of aliphatic hydroxyl groups is 1. The molecule has 6 rings (SSSR count). The summed E-state index contributed by atoms with van der Waals surface area (Å²) in [4.78, 5) is 38.3. The third-order valence-electron chi connectivity index (χ3n) is 7.05. The van der Waals surface area contributed by atoms with E-state index in [1.165, 1.54) is 4.57 Å². The SMILES string of the molecule is COc1ccc(-c2nc3c(=O)[nH]c(=O)n([C@@H]4O[C@H](CO)[C@H]5OC(C)(C)O[C@H]54)c3nc2-c2ccc(OC)cc2)cc1. The molecular formula is C28H28N4O8. The van der Waals surface area contributed by atoms with Gasteiger partial charge in [0.05, 0.1) is 32.2 Å². The molecule has 4 atom stereocenters. The lowest BCUT2D eigenvalue weighted by molar-refractivity contribution is -0.200. The van der Waals surface area contributed by atoms with Gasteiger partial charge in [-0.1, -0.05) is 0 Å². The number of ether oxygens (including phenoxy) is 5. The number of nitrogens with zero attached hydrogens (tertiary/aromatic N) is 3. The highest BCUT2D eigenvalue weighted by atomic mass is 16.8. The van der Waals surface area contributed by atoms with E-state index < -0.39 is 41.6 Å². The van der Waals surface area contributed by atoms with Gasteiger partial charge in [-0.3, -0.25) is 9.78 Å². The van der Waals surface area contributed by atoms with Gasteiger partial charge in [0.25, 0.3) is 5.56 Å². The molecular weight excluding hydrogens is 520 g/mol. The summed E-state index contributed by atoms with van der Waals surface area (Å²) >= 11 is 0. The molecule has 2 aliphatic rings. The second-order valence-corrected chi connectivity index (χ2v) is 9.99. The monoisotopic (exact) mass is 548 g/mol. The number of fused-ring (bicyclic) bond motifs is 2. The van der Waals surface area contributed by atoms with Crippen LogP contribution in [-0.4, -0.2) is 69.6 Å². The molecule has 12 heteroatoms. The normalized spacial score (nSPS) is 23.3. The van der Waals surface area contributed by atoms with Crippen molar-refractivity contribution >= 4 is 11.2 Å². The number of hydrogen-bond acceptors (Lipinski definition) is 10. The van der Waals surface area contributed by atoms with Gasteiger partial charge in [0.1, 0.15) is 29.8 Å². The van der Waals surface area contributed by atoms with Gasteiger partial charge in [-0.25, -0.2) is 19.3 Å². The van der Waals surface area contributed by atoms with Crippen LogP contribution >= 0.6 is 0 Å². The number of methoxy groups -OCH3 is 2. The van der Waals surface area contributed by atoms with E-state index in [1.807, 2.05) is 24.3 Å². The van der Waals surface area contributed by atoms with Crippen LogP contribution in [0, 0.1) is 0 Å². The smallest absolute Gasteiger partial charge is 0.332 e. The minimum atomic E-state index is -1.04. The molecule has 12 nitrogen and oxygen atoms in total. The highest BCUT2D eigenvalue weighted by Gasteiger charge is 2.56. The Kier molecular flexibility index (Phi) is 6.42. The number of aliphatic hydroxyl groups excluding tert-OH is 1. The number of nitrogens with one attached hydrogen (secondary N) is 1. The summed E-state index contributed by atoms with van der Waals surface area (Å²) < 4.78 is 29.9. The Bertz CT molecular complexity index is 1680. The maximum atomic E-state index is 13.3. The van der Waals surface area contributed by atoms with E-state index in [9.17, 15) is 14.7 Å². The first-order chi connectivity index (χ1) is 19.2. The standard InChI is InChI=1S/C28H28N4O8/c1-28(2)39-22-18(13-33)38-26(23(22)40-28)32-24-21(25(34)31-27(32)35)29-19(14-5-9-16(36-3)10-6-14)20(30-24)15-7-11-17(37-4)12-8-15/h5-12,18,22-23,26,33H,13H2,1-4H3,(H,31,34,35)/t18-,22-,23-,26-/m1/s1. The number of rotatable bonds is 6. The number of aromatic nitrogens is 4. The van der Waals surface area contributed by atoms with Crippen molar-refractivity contribution in [3.63, 3.8) is 0 Å². The zero-order valence-electron chi connectivity index (χ0n) is 22.3. The molecule has 0 amide bonds. The Labute approximate surface area is 228 Å². The van der Waals surface area contributed by atoms with Gasteiger partial charge in [0, 0.05) is 11.1 Å². The molecule has 2 N–H and O–H groups in total. The van der Waals surface area contributed by atoms with Crippen LogP contribution in [0.2, 0.25) is 0 Å². The molecule has 2 aromatic heterocycles. The molecule has 2 saturated heterocycles. The lowest BCUT2D eigenvalue weighted by Gasteiger charge is -2.25. The molecule has 4 aromatic rings. The number of H-pyrrole nitrogens is 1. The lowest BCUT2D eigenvalue weighted by Crippen LogP contribution is -2.39. The molecule has 4 heterocycles. The third-order valence-corrected chi connectivity index (χ3v) is 7.05. The molecule has 0 spiro atoms. The van der Waals surface area contributed by atoms with Crippen molar-refractivity contribution in [2.24, 2.45) is 0 Å².